The number of fused-ring (bicyclic) bond motifs is 6. The molecule has 62 heavy (non-hydrogen) atoms. The van der Waals surface area contributed by atoms with Crippen molar-refractivity contribution in [2.75, 3.05) is 0 Å². The summed E-state index contributed by atoms with van der Waals surface area (Å²) in [5.74, 6) is 1.91. The van der Waals surface area contributed by atoms with Crippen LogP contribution < -0.4 is 0 Å². The van der Waals surface area contributed by atoms with E-state index < -0.39 is 0 Å². The Hall–Kier alpha value is -8.34. The van der Waals surface area contributed by atoms with Gasteiger partial charge in [0.25, 0.3) is 0 Å². The standard InChI is InChI=1S/C58H36N4/c1-2-14-39(15-3-1)52-36-54(59-53-33-30-40-16-8-9-19-48(40)55(52)53)42-26-24-41(25-27-42)47-31-32-51(50-21-11-10-20-49(47)50)58-61-56(45-28-22-37-12-4-6-17-43(37)34-45)60-57(62-58)46-29-23-38-13-5-7-18-44(38)35-46/h1-36H. The first-order valence-electron chi connectivity index (χ1n) is 21.0. The van der Waals surface area contributed by atoms with E-state index in [0.717, 1.165) is 66.1 Å². The Kier molecular flexibility index (Phi) is 8.46. The van der Waals surface area contributed by atoms with Crippen molar-refractivity contribution in [2.45, 2.75) is 0 Å². The largest absolute Gasteiger partial charge is 0.248 e. The molecule has 288 valence electrons. The maximum absolute atomic E-state index is 5.25. The molecule has 10 aromatic carbocycles. The third-order valence-electron chi connectivity index (χ3n) is 12.1. The molecule has 0 N–H and O–H groups in total. The maximum Gasteiger partial charge on any atom is 0.164 e. The first kappa shape index (κ1) is 35.6. The predicted octanol–water partition coefficient (Wildman–Crippen LogP) is 15.0. The molecule has 2 heterocycles. The Bertz CT molecular complexity index is 3590. The van der Waals surface area contributed by atoms with Crippen molar-refractivity contribution in [3.63, 3.8) is 0 Å². The molecule has 0 atom stereocenters. The van der Waals surface area contributed by atoms with E-state index in [1.54, 1.807) is 0 Å². The lowest BCUT2D eigenvalue weighted by Gasteiger charge is -2.14. The van der Waals surface area contributed by atoms with Crippen LogP contribution in [-0.4, -0.2) is 19.9 Å². The first-order valence-corrected chi connectivity index (χ1v) is 21.0. The van der Waals surface area contributed by atoms with Crippen LogP contribution in [0.2, 0.25) is 0 Å². The fourth-order valence-corrected chi connectivity index (χ4v) is 8.98. The number of benzene rings is 10. The summed E-state index contributed by atoms with van der Waals surface area (Å²) in [6.45, 7) is 0. The van der Waals surface area contributed by atoms with Gasteiger partial charge in [-0.25, -0.2) is 19.9 Å². The zero-order valence-corrected chi connectivity index (χ0v) is 33.6. The predicted molar refractivity (Wildman–Crippen MR) is 258 cm³/mol. The van der Waals surface area contributed by atoms with Gasteiger partial charge in [0.05, 0.1) is 11.2 Å². The van der Waals surface area contributed by atoms with Crippen LogP contribution in [0.3, 0.4) is 0 Å². The molecule has 4 heteroatoms. The molecule has 0 spiro atoms. The molecule has 0 saturated heterocycles. The molecule has 12 aromatic rings. The van der Waals surface area contributed by atoms with Crippen molar-refractivity contribution < 1.29 is 0 Å². The molecule has 0 unspecified atom stereocenters. The average Bonchev–Trinajstić information content (AvgIpc) is 3.35. The highest BCUT2D eigenvalue weighted by atomic mass is 15.0. The molecule has 12 rings (SSSR count). The summed E-state index contributed by atoms with van der Waals surface area (Å²) in [6, 6.07) is 77.1. The monoisotopic (exact) mass is 788 g/mol. The second-order valence-electron chi connectivity index (χ2n) is 15.8. The van der Waals surface area contributed by atoms with E-state index in [1.165, 1.54) is 38.1 Å². The highest BCUT2D eigenvalue weighted by Crippen LogP contribution is 2.39. The van der Waals surface area contributed by atoms with Crippen molar-refractivity contribution in [3.8, 4) is 67.7 Å². The third-order valence-corrected chi connectivity index (χ3v) is 12.1. The van der Waals surface area contributed by atoms with Crippen LogP contribution in [0.25, 0.3) is 122 Å². The normalized spacial score (nSPS) is 11.5. The van der Waals surface area contributed by atoms with Crippen LogP contribution >= 0.6 is 0 Å². The summed E-state index contributed by atoms with van der Waals surface area (Å²) in [5.41, 5.74) is 10.4. The number of pyridine rings is 1. The quantitative estimate of drug-likeness (QED) is 0.158. The summed E-state index contributed by atoms with van der Waals surface area (Å²) in [4.78, 5) is 20.8. The first-order chi connectivity index (χ1) is 30.7. The highest BCUT2D eigenvalue weighted by molar-refractivity contribution is 6.14. The molecule has 0 aliphatic rings. The van der Waals surface area contributed by atoms with E-state index >= 15 is 0 Å². The van der Waals surface area contributed by atoms with Gasteiger partial charge >= 0.3 is 0 Å². The van der Waals surface area contributed by atoms with Gasteiger partial charge in [-0.15, -0.1) is 0 Å². The molecule has 0 aliphatic carbocycles. The van der Waals surface area contributed by atoms with E-state index in [-0.39, 0.29) is 0 Å². The van der Waals surface area contributed by atoms with E-state index in [2.05, 4.69) is 218 Å². The number of nitrogens with zero attached hydrogens (tertiary/aromatic N) is 4. The third kappa shape index (κ3) is 6.25. The Morgan fingerprint density at radius 3 is 1.37 bits per heavy atom. The summed E-state index contributed by atoms with van der Waals surface area (Å²) >= 11 is 0. The smallest absolute Gasteiger partial charge is 0.164 e. The molecule has 0 aliphatic heterocycles. The number of aromatic nitrogens is 4. The highest BCUT2D eigenvalue weighted by Gasteiger charge is 2.18. The lowest BCUT2D eigenvalue weighted by molar-refractivity contribution is 1.08. The van der Waals surface area contributed by atoms with Gasteiger partial charge in [-0.3, -0.25) is 0 Å². The lowest BCUT2D eigenvalue weighted by atomic mass is 9.93. The van der Waals surface area contributed by atoms with E-state index in [0.29, 0.717) is 17.5 Å². The molecule has 0 radical (unpaired) electrons. The SMILES string of the molecule is c1ccc(-c2cc(-c3ccc(-c4ccc(-c5nc(-c6ccc7ccccc7c6)nc(-c6ccc7ccccc7c6)n5)c5ccccc45)cc3)nc3ccc4ccccc4c23)cc1. The Morgan fingerprint density at radius 1 is 0.242 bits per heavy atom. The summed E-state index contributed by atoms with van der Waals surface area (Å²) < 4.78 is 0. The minimum absolute atomic E-state index is 0.633. The number of hydrogen-bond donors (Lipinski definition) is 0. The van der Waals surface area contributed by atoms with Gasteiger partial charge in [0, 0.05) is 27.6 Å². The summed E-state index contributed by atoms with van der Waals surface area (Å²) in [6.07, 6.45) is 0. The maximum atomic E-state index is 5.25. The van der Waals surface area contributed by atoms with Gasteiger partial charge in [-0.05, 0) is 95.7 Å². The molecule has 0 fully saturated rings. The Morgan fingerprint density at radius 2 is 0.710 bits per heavy atom. The van der Waals surface area contributed by atoms with Crippen molar-refractivity contribution in [2.24, 2.45) is 0 Å². The number of rotatable bonds is 6. The zero-order valence-electron chi connectivity index (χ0n) is 33.6. The molecule has 0 bridgehead atoms. The lowest BCUT2D eigenvalue weighted by Crippen LogP contribution is -2.01. The Balaban J connectivity index is 0.969. The van der Waals surface area contributed by atoms with Crippen molar-refractivity contribution in [1.29, 1.82) is 0 Å². The molecule has 2 aromatic heterocycles. The van der Waals surface area contributed by atoms with Crippen LogP contribution in [0.5, 0.6) is 0 Å². The molecule has 4 nitrogen and oxygen atoms in total. The van der Waals surface area contributed by atoms with Crippen LogP contribution in [0.1, 0.15) is 0 Å². The molecular weight excluding hydrogens is 753 g/mol. The zero-order chi connectivity index (χ0) is 41.0. The van der Waals surface area contributed by atoms with Gasteiger partial charge in [0.1, 0.15) is 0 Å². The summed E-state index contributed by atoms with van der Waals surface area (Å²) in [7, 11) is 0. The van der Waals surface area contributed by atoms with Crippen molar-refractivity contribution in [1.82, 2.24) is 19.9 Å². The van der Waals surface area contributed by atoms with Gasteiger partial charge in [0.2, 0.25) is 0 Å². The van der Waals surface area contributed by atoms with Crippen molar-refractivity contribution in [3.05, 3.63) is 218 Å². The minimum Gasteiger partial charge on any atom is -0.248 e. The van der Waals surface area contributed by atoms with Gasteiger partial charge < -0.3 is 0 Å². The second kappa shape index (κ2) is 14.7. The van der Waals surface area contributed by atoms with Crippen LogP contribution in [0, 0.1) is 0 Å². The van der Waals surface area contributed by atoms with E-state index in [1.807, 2.05) is 0 Å². The van der Waals surface area contributed by atoms with Crippen LogP contribution in [0.15, 0.2) is 218 Å². The van der Waals surface area contributed by atoms with E-state index in [9.17, 15) is 0 Å². The van der Waals surface area contributed by atoms with Crippen LogP contribution in [0.4, 0.5) is 0 Å². The molecule has 0 saturated carbocycles. The number of hydrogen-bond acceptors (Lipinski definition) is 4. The molecule has 0 amide bonds. The van der Waals surface area contributed by atoms with E-state index in [4.69, 9.17) is 19.9 Å². The Labute approximate surface area is 358 Å². The summed E-state index contributed by atoms with van der Waals surface area (Å²) in [5, 5.41) is 10.4. The average molecular weight is 789 g/mol. The fourth-order valence-electron chi connectivity index (χ4n) is 8.98. The van der Waals surface area contributed by atoms with Gasteiger partial charge in [0.15, 0.2) is 17.5 Å². The minimum atomic E-state index is 0.633. The second-order valence-corrected chi connectivity index (χ2v) is 15.8. The van der Waals surface area contributed by atoms with Crippen molar-refractivity contribution >= 4 is 54.0 Å². The topological polar surface area (TPSA) is 51.6 Å². The molecular formula is C58H36N4. The van der Waals surface area contributed by atoms with Gasteiger partial charge in [-0.1, -0.05) is 188 Å². The van der Waals surface area contributed by atoms with Gasteiger partial charge in [-0.2, -0.15) is 0 Å². The van der Waals surface area contributed by atoms with Crippen LogP contribution in [-0.2, 0) is 0 Å². The fraction of sp³-hybridized carbons (Fsp3) is 0.